The second kappa shape index (κ2) is 7.39. The molecule has 0 bridgehead atoms. The van der Waals surface area contributed by atoms with E-state index < -0.39 is 0 Å². The Kier molecular flexibility index (Phi) is 5.83. The van der Waals surface area contributed by atoms with Crippen LogP contribution in [0, 0.1) is 0 Å². The number of carbonyl (C=O) groups is 1. The summed E-state index contributed by atoms with van der Waals surface area (Å²) in [5, 5.41) is 7.30. The Bertz CT molecular complexity index is 267. The van der Waals surface area contributed by atoms with Gasteiger partial charge in [-0.25, -0.2) is 0 Å². The second-order valence-corrected chi connectivity index (χ2v) is 6.67. The summed E-state index contributed by atoms with van der Waals surface area (Å²) in [6, 6.07) is 0.977. The number of thioether (sulfide) groups is 1. The van der Waals surface area contributed by atoms with Crippen LogP contribution < -0.4 is 10.6 Å². The largest absolute Gasteiger partial charge is 0.352 e. The highest BCUT2D eigenvalue weighted by Crippen LogP contribution is 2.26. The molecule has 2 N–H and O–H groups in total. The lowest BCUT2D eigenvalue weighted by Crippen LogP contribution is -2.46. The van der Waals surface area contributed by atoms with E-state index in [0.29, 0.717) is 23.9 Å². The average molecular weight is 270 g/mol. The van der Waals surface area contributed by atoms with Gasteiger partial charge < -0.3 is 10.6 Å². The minimum Gasteiger partial charge on any atom is -0.352 e. The van der Waals surface area contributed by atoms with E-state index in [2.05, 4.69) is 16.9 Å². The highest BCUT2D eigenvalue weighted by molar-refractivity contribution is 7.99. The molecule has 0 radical (unpaired) electrons. The van der Waals surface area contributed by atoms with Gasteiger partial charge in [0, 0.05) is 17.3 Å². The van der Waals surface area contributed by atoms with E-state index in [4.69, 9.17) is 0 Å². The predicted octanol–water partition coefficient (Wildman–Crippen LogP) is 2.31. The number of hydrogen-bond acceptors (Lipinski definition) is 3. The van der Waals surface area contributed by atoms with Crippen LogP contribution in [0.25, 0.3) is 0 Å². The number of rotatable bonds is 5. The van der Waals surface area contributed by atoms with E-state index in [0.717, 1.165) is 0 Å². The molecule has 0 aliphatic heterocycles. The topological polar surface area (TPSA) is 41.1 Å². The Balaban J connectivity index is 1.67. The molecule has 4 heteroatoms. The zero-order chi connectivity index (χ0) is 12.8. The van der Waals surface area contributed by atoms with Gasteiger partial charge in [0.2, 0.25) is 5.91 Å². The zero-order valence-electron chi connectivity index (χ0n) is 11.4. The Morgan fingerprint density at radius 1 is 1.11 bits per heavy atom. The maximum atomic E-state index is 11.9. The van der Waals surface area contributed by atoms with Crippen molar-refractivity contribution in [1.82, 2.24) is 10.6 Å². The maximum Gasteiger partial charge on any atom is 0.234 e. The molecule has 2 atom stereocenters. The lowest BCUT2D eigenvalue weighted by Gasteiger charge is -2.31. The summed E-state index contributed by atoms with van der Waals surface area (Å²) < 4.78 is 0. The van der Waals surface area contributed by atoms with Gasteiger partial charge in [0.1, 0.15) is 0 Å². The van der Waals surface area contributed by atoms with Crippen LogP contribution in [-0.4, -0.2) is 36.0 Å². The summed E-state index contributed by atoms with van der Waals surface area (Å²) in [6.07, 6.45) is 12.2. The van der Waals surface area contributed by atoms with Crippen LogP contribution in [-0.2, 0) is 4.79 Å². The first-order valence-electron chi connectivity index (χ1n) is 7.35. The first kappa shape index (κ1) is 14.2. The van der Waals surface area contributed by atoms with E-state index in [9.17, 15) is 4.79 Å². The van der Waals surface area contributed by atoms with Crippen molar-refractivity contribution in [3.05, 3.63) is 0 Å². The third-order valence-electron chi connectivity index (χ3n) is 4.25. The van der Waals surface area contributed by atoms with Gasteiger partial charge in [0.25, 0.3) is 0 Å². The van der Waals surface area contributed by atoms with Gasteiger partial charge >= 0.3 is 0 Å². The summed E-state index contributed by atoms with van der Waals surface area (Å²) in [5.41, 5.74) is 0. The third kappa shape index (κ3) is 4.16. The molecule has 0 aromatic carbocycles. The molecule has 3 nitrogen and oxygen atoms in total. The lowest BCUT2D eigenvalue weighted by molar-refractivity contribution is -0.121. The van der Waals surface area contributed by atoms with Crippen LogP contribution >= 0.6 is 11.8 Å². The van der Waals surface area contributed by atoms with Crippen LogP contribution in [0.15, 0.2) is 0 Å². The first-order chi connectivity index (χ1) is 8.79. The molecule has 2 unspecified atom stereocenters. The molecule has 0 spiro atoms. The lowest BCUT2D eigenvalue weighted by atomic mass is 9.95. The van der Waals surface area contributed by atoms with Gasteiger partial charge in [-0.15, -0.1) is 0 Å². The Labute approximate surface area is 115 Å². The van der Waals surface area contributed by atoms with Crippen molar-refractivity contribution < 1.29 is 4.79 Å². The van der Waals surface area contributed by atoms with E-state index in [1.165, 1.54) is 51.4 Å². The molecule has 2 rings (SSSR count). The minimum atomic E-state index is 0.187. The Morgan fingerprint density at radius 2 is 1.78 bits per heavy atom. The fraction of sp³-hybridized carbons (Fsp3) is 0.929. The van der Waals surface area contributed by atoms with Crippen LogP contribution in [0.3, 0.4) is 0 Å². The molecule has 2 aliphatic rings. The molecule has 18 heavy (non-hydrogen) atoms. The SMILES string of the molecule is CSC1CCCCC1NCC(=O)NC1CCCC1. The molecule has 2 saturated carbocycles. The average Bonchev–Trinajstić information content (AvgIpc) is 2.89. The molecular weight excluding hydrogens is 244 g/mol. The monoisotopic (exact) mass is 270 g/mol. The normalized spacial score (nSPS) is 29.4. The Morgan fingerprint density at radius 3 is 2.50 bits per heavy atom. The van der Waals surface area contributed by atoms with Gasteiger partial charge in [0.05, 0.1) is 6.54 Å². The summed E-state index contributed by atoms with van der Waals surface area (Å²) in [6.45, 7) is 0.498. The zero-order valence-corrected chi connectivity index (χ0v) is 12.2. The van der Waals surface area contributed by atoms with E-state index in [1.807, 2.05) is 11.8 Å². The van der Waals surface area contributed by atoms with E-state index >= 15 is 0 Å². The molecule has 0 heterocycles. The van der Waals surface area contributed by atoms with Crippen LogP contribution in [0.2, 0.25) is 0 Å². The number of amides is 1. The van der Waals surface area contributed by atoms with Crippen LogP contribution in [0.5, 0.6) is 0 Å². The van der Waals surface area contributed by atoms with Gasteiger partial charge in [-0.1, -0.05) is 25.7 Å². The fourth-order valence-corrected chi connectivity index (χ4v) is 4.15. The van der Waals surface area contributed by atoms with Crippen LogP contribution in [0.4, 0.5) is 0 Å². The molecule has 0 saturated heterocycles. The van der Waals surface area contributed by atoms with Crippen molar-refractivity contribution >= 4 is 17.7 Å². The summed E-state index contributed by atoms with van der Waals surface area (Å²) in [7, 11) is 0. The summed E-state index contributed by atoms with van der Waals surface area (Å²) in [5.74, 6) is 0.187. The van der Waals surface area contributed by atoms with E-state index in [1.54, 1.807) is 0 Å². The number of hydrogen-bond donors (Lipinski definition) is 2. The van der Waals surface area contributed by atoms with Gasteiger partial charge in [-0.2, -0.15) is 11.8 Å². The molecule has 2 fully saturated rings. The summed E-state index contributed by atoms with van der Waals surface area (Å²) >= 11 is 1.94. The number of carbonyl (C=O) groups excluding carboxylic acids is 1. The molecular formula is C14H26N2OS. The van der Waals surface area contributed by atoms with Crippen molar-refractivity contribution in [3.63, 3.8) is 0 Å². The van der Waals surface area contributed by atoms with Crippen molar-refractivity contribution in [2.24, 2.45) is 0 Å². The highest BCUT2D eigenvalue weighted by atomic mass is 32.2. The quantitative estimate of drug-likeness (QED) is 0.805. The summed E-state index contributed by atoms with van der Waals surface area (Å²) in [4.78, 5) is 11.9. The van der Waals surface area contributed by atoms with Gasteiger partial charge in [-0.05, 0) is 31.9 Å². The molecule has 0 aromatic rings. The molecule has 1 amide bonds. The molecule has 104 valence electrons. The second-order valence-electron chi connectivity index (χ2n) is 5.59. The molecule has 0 aromatic heterocycles. The smallest absolute Gasteiger partial charge is 0.234 e. The predicted molar refractivity (Wildman–Crippen MR) is 78.0 cm³/mol. The third-order valence-corrected chi connectivity index (χ3v) is 5.42. The van der Waals surface area contributed by atoms with Gasteiger partial charge in [-0.3, -0.25) is 4.79 Å². The first-order valence-corrected chi connectivity index (χ1v) is 8.64. The van der Waals surface area contributed by atoms with E-state index in [-0.39, 0.29) is 5.91 Å². The van der Waals surface area contributed by atoms with Crippen LogP contribution in [0.1, 0.15) is 51.4 Å². The minimum absolute atomic E-state index is 0.187. The van der Waals surface area contributed by atoms with Crippen molar-refractivity contribution in [2.75, 3.05) is 12.8 Å². The van der Waals surface area contributed by atoms with Crippen molar-refractivity contribution in [3.8, 4) is 0 Å². The number of nitrogens with one attached hydrogen (secondary N) is 2. The standard InChI is InChI=1S/C14H26N2OS/c1-18-13-9-5-4-8-12(13)15-10-14(17)16-11-6-2-3-7-11/h11-13,15H,2-10H2,1H3,(H,16,17). The van der Waals surface area contributed by atoms with Crippen molar-refractivity contribution in [2.45, 2.75) is 68.7 Å². The maximum absolute atomic E-state index is 11.9. The highest BCUT2D eigenvalue weighted by Gasteiger charge is 2.24. The Hall–Kier alpha value is -0.220. The molecule has 2 aliphatic carbocycles. The van der Waals surface area contributed by atoms with Gasteiger partial charge in [0.15, 0.2) is 0 Å². The fourth-order valence-electron chi connectivity index (χ4n) is 3.19. The van der Waals surface area contributed by atoms with Crippen molar-refractivity contribution in [1.29, 1.82) is 0 Å².